The van der Waals surface area contributed by atoms with Crippen LogP contribution < -0.4 is 0 Å². The van der Waals surface area contributed by atoms with Crippen LogP contribution in [0, 0.1) is 0 Å². The molecular weight excluding hydrogens is 260 g/mol. The number of unbranched alkanes of at least 4 members (excludes halogenated alkanes) is 9. The second-order valence-corrected chi connectivity index (χ2v) is 6.36. The van der Waals surface area contributed by atoms with Gasteiger partial charge in [0.25, 0.3) is 0 Å². The molecule has 0 aromatic heterocycles. The minimum atomic E-state index is 0.268. The van der Waals surface area contributed by atoms with Crippen LogP contribution in [0.5, 0.6) is 0 Å². The first-order valence-corrected chi connectivity index (χ1v) is 9.01. The molecule has 1 aliphatic rings. The zero-order valence-corrected chi connectivity index (χ0v) is 14.2. The zero-order valence-electron chi connectivity index (χ0n) is 14.2. The quantitative estimate of drug-likeness (QED) is 0.513. The van der Waals surface area contributed by atoms with Crippen molar-refractivity contribution in [2.45, 2.75) is 84.5 Å². The lowest BCUT2D eigenvalue weighted by Crippen LogP contribution is -2.33. The maximum absolute atomic E-state index is 12.0. The Labute approximate surface area is 131 Å². The summed E-state index contributed by atoms with van der Waals surface area (Å²) in [4.78, 5) is 18.3. The van der Waals surface area contributed by atoms with Gasteiger partial charge >= 0.3 is 0 Å². The van der Waals surface area contributed by atoms with E-state index in [1.807, 2.05) is 11.8 Å². The summed E-state index contributed by atoms with van der Waals surface area (Å²) in [5, 5.41) is 0. The lowest BCUT2D eigenvalue weighted by molar-refractivity contribution is -0.129. The van der Waals surface area contributed by atoms with Crippen molar-refractivity contribution >= 4 is 11.6 Å². The Morgan fingerprint density at radius 3 is 2.14 bits per heavy atom. The van der Waals surface area contributed by atoms with Crippen LogP contribution >= 0.6 is 0 Å². The first-order valence-electron chi connectivity index (χ1n) is 9.01. The molecule has 0 aromatic rings. The van der Waals surface area contributed by atoms with Crippen LogP contribution in [-0.2, 0) is 4.79 Å². The van der Waals surface area contributed by atoms with Gasteiger partial charge in [-0.3, -0.25) is 9.79 Å². The predicted molar refractivity (Wildman–Crippen MR) is 91.0 cm³/mol. The summed E-state index contributed by atoms with van der Waals surface area (Å²) >= 11 is 0. The van der Waals surface area contributed by atoms with Gasteiger partial charge in [0, 0.05) is 18.8 Å². The minimum absolute atomic E-state index is 0.268. The Hall–Kier alpha value is -0.860. The first-order chi connectivity index (χ1) is 10.2. The van der Waals surface area contributed by atoms with E-state index in [0.717, 1.165) is 31.8 Å². The molecule has 21 heavy (non-hydrogen) atoms. The van der Waals surface area contributed by atoms with E-state index in [2.05, 4.69) is 11.9 Å². The number of carbonyl (C=O) groups is 1. The summed E-state index contributed by atoms with van der Waals surface area (Å²) in [5.41, 5.74) is 0.991. The number of carbonyl (C=O) groups excluding carboxylic acids is 1. The average molecular weight is 294 g/mol. The molecule has 0 saturated heterocycles. The van der Waals surface area contributed by atoms with Crippen molar-refractivity contribution in [1.82, 2.24) is 4.90 Å². The van der Waals surface area contributed by atoms with E-state index >= 15 is 0 Å². The van der Waals surface area contributed by atoms with Crippen molar-refractivity contribution in [3.05, 3.63) is 0 Å². The fourth-order valence-corrected chi connectivity index (χ4v) is 2.90. The molecule has 0 aliphatic carbocycles. The SMILES string of the molecule is CCCCCCCCCCCCN1CCN=C(C)CC1=O. The number of amides is 1. The highest BCUT2D eigenvalue weighted by Crippen LogP contribution is 2.11. The van der Waals surface area contributed by atoms with E-state index < -0.39 is 0 Å². The van der Waals surface area contributed by atoms with Crippen LogP contribution in [0.1, 0.15) is 84.5 Å². The maximum Gasteiger partial charge on any atom is 0.228 e. The fraction of sp³-hybridized carbons (Fsp3) is 0.889. The number of hydrogen-bond donors (Lipinski definition) is 0. The summed E-state index contributed by atoms with van der Waals surface area (Å²) in [6, 6.07) is 0. The van der Waals surface area contributed by atoms with Crippen molar-refractivity contribution in [2.75, 3.05) is 19.6 Å². The van der Waals surface area contributed by atoms with Crippen molar-refractivity contribution in [3.63, 3.8) is 0 Å². The van der Waals surface area contributed by atoms with Crippen LogP contribution in [0.15, 0.2) is 4.99 Å². The molecule has 122 valence electrons. The molecule has 1 rings (SSSR count). The largest absolute Gasteiger partial charge is 0.341 e. The zero-order chi connectivity index (χ0) is 15.3. The molecule has 0 radical (unpaired) electrons. The van der Waals surface area contributed by atoms with Crippen molar-refractivity contribution in [1.29, 1.82) is 0 Å². The number of hydrogen-bond acceptors (Lipinski definition) is 2. The van der Waals surface area contributed by atoms with E-state index in [9.17, 15) is 4.79 Å². The number of rotatable bonds is 11. The van der Waals surface area contributed by atoms with Gasteiger partial charge in [0.05, 0.1) is 13.0 Å². The predicted octanol–water partition coefficient (Wildman–Crippen LogP) is 4.60. The minimum Gasteiger partial charge on any atom is -0.341 e. The molecule has 0 unspecified atom stereocenters. The van der Waals surface area contributed by atoms with Crippen molar-refractivity contribution < 1.29 is 4.79 Å². The molecule has 1 heterocycles. The Bertz CT molecular complexity index is 312. The third-order valence-corrected chi connectivity index (χ3v) is 4.29. The lowest BCUT2D eigenvalue weighted by Gasteiger charge is -2.19. The smallest absolute Gasteiger partial charge is 0.228 e. The van der Waals surface area contributed by atoms with Gasteiger partial charge in [-0.05, 0) is 13.3 Å². The molecule has 0 N–H and O–H groups in total. The molecular formula is C18H34N2O. The van der Waals surface area contributed by atoms with E-state index in [1.54, 1.807) is 0 Å². The third kappa shape index (κ3) is 8.90. The maximum atomic E-state index is 12.0. The fourth-order valence-electron chi connectivity index (χ4n) is 2.90. The molecule has 0 spiro atoms. The molecule has 0 aromatic carbocycles. The average Bonchev–Trinajstić information content (AvgIpc) is 2.62. The molecule has 1 amide bonds. The molecule has 3 nitrogen and oxygen atoms in total. The second-order valence-electron chi connectivity index (χ2n) is 6.36. The summed E-state index contributed by atoms with van der Waals surface area (Å²) in [6.45, 7) is 6.76. The molecule has 3 heteroatoms. The monoisotopic (exact) mass is 294 g/mol. The van der Waals surface area contributed by atoms with Crippen LogP contribution in [-0.4, -0.2) is 36.2 Å². The van der Waals surface area contributed by atoms with Crippen LogP contribution in [0.2, 0.25) is 0 Å². The summed E-state index contributed by atoms with van der Waals surface area (Å²) in [7, 11) is 0. The summed E-state index contributed by atoms with van der Waals surface area (Å²) in [6.07, 6.45) is 14.0. The molecule has 0 bridgehead atoms. The van der Waals surface area contributed by atoms with E-state index in [1.165, 1.54) is 57.8 Å². The highest BCUT2D eigenvalue weighted by atomic mass is 16.2. The Morgan fingerprint density at radius 2 is 1.52 bits per heavy atom. The van der Waals surface area contributed by atoms with Crippen LogP contribution in [0.25, 0.3) is 0 Å². The topological polar surface area (TPSA) is 32.7 Å². The van der Waals surface area contributed by atoms with Crippen LogP contribution in [0.3, 0.4) is 0 Å². The van der Waals surface area contributed by atoms with Gasteiger partial charge < -0.3 is 4.90 Å². The molecule has 1 aliphatic heterocycles. The van der Waals surface area contributed by atoms with Gasteiger partial charge in [0.15, 0.2) is 0 Å². The van der Waals surface area contributed by atoms with E-state index in [4.69, 9.17) is 0 Å². The van der Waals surface area contributed by atoms with Gasteiger partial charge in [-0.2, -0.15) is 0 Å². The third-order valence-electron chi connectivity index (χ3n) is 4.29. The highest BCUT2D eigenvalue weighted by molar-refractivity contribution is 6.00. The first kappa shape index (κ1) is 18.2. The molecule has 0 fully saturated rings. The highest BCUT2D eigenvalue weighted by Gasteiger charge is 2.16. The van der Waals surface area contributed by atoms with Gasteiger partial charge in [0.2, 0.25) is 5.91 Å². The van der Waals surface area contributed by atoms with E-state index in [0.29, 0.717) is 6.42 Å². The van der Waals surface area contributed by atoms with Gasteiger partial charge in [-0.15, -0.1) is 0 Å². The van der Waals surface area contributed by atoms with Gasteiger partial charge in [-0.25, -0.2) is 0 Å². The van der Waals surface area contributed by atoms with Gasteiger partial charge in [-0.1, -0.05) is 64.7 Å². The Kier molecular flexibility index (Phi) is 10.2. The molecule has 0 atom stereocenters. The Balaban J connectivity index is 1.93. The lowest BCUT2D eigenvalue weighted by atomic mass is 10.1. The van der Waals surface area contributed by atoms with Crippen molar-refractivity contribution in [2.24, 2.45) is 4.99 Å². The standard InChI is InChI=1S/C18H34N2O/c1-3-4-5-6-7-8-9-10-11-12-14-20-15-13-19-17(2)16-18(20)21/h3-16H2,1-2H3. The van der Waals surface area contributed by atoms with E-state index in [-0.39, 0.29) is 5.91 Å². The Morgan fingerprint density at radius 1 is 0.952 bits per heavy atom. The van der Waals surface area contributed by atoms with Gasteiger partial charge in [0.1, 0.15) is 0 Å². The van der Waals surface area contributed by atoms with Crippen molar-refractivity contribution in [3.8, 4) is 0 Å². The van der Waals surface area contributed by atoms with Crippen LogP contribution in [0.4, 0.5) is 0 Å². The molecule has 0 saturated carbocycles. The second kappa shape index (κ2) is 11.8. The summed E-state index contributed by atoms with van der Waals surface area (Å²) < 4.78 is 0. The normalized spacial score (nSPS) is 16.0. The number of nitrogens with zero attached hydrogens (tertiary/aromatic N) is 2. The number of aliphatic imine (C=N–C) groups is 1. The summed E-state index contributed by atoms with van der Waals surface area (Å²) in [5.74, 6) is 0.268.